The van der Waals surface area contributed by atoms with Crippen LogP contribution in [-0.4, -0.2) is 57.0 Å². The Balaban J connectivity index is 1.60. The number of pyridine rings is 1. The summed E-state index contributed by atoms with van der Waals surface area (Å²) in [6.07, 6.45) is 5.74. The number of sulfonamides is 1. The number of aromatic amines is 1. The lowest BCUT2D eigenvalue weighted by Crippen LogP contribution is -2.47. The summed E-state index contributed by atoms with van der Waals surface area (Å²) < 4.78 is 40.9. The van der Waals surface area contributed by atoms with Crippen molar-refractivity contribution in [2.45, 2.75) is 38.0 Å². The second-order valence-corrected chi connectivity index (χ2v) is 10.5. The number of hydrogen-bond acceptors (Lipinski definition) is 6. The topological polar surface area (TPSA) is 104 Å². The molecule has 160 valence electrons. The third-order valence-corrected chi connectivity index (χ3v) is 7.61. The van der Waals surface area contributed by atoms with Gasteiger partial charge in [-0.05, 0) is 32.8 Å². The van der Waals surface area contributed by atoms with Crippen LogP contribution in [0.4, 0.5) is 10.2 Å². The van der Waals surface area contributed by atoms with Gasteiger partial charge < -0.3 is 10.3 Å². The Morgan fingerprint density at radius 2 is 2.13 bits per heavy atom. The van der Waals surface area contributed by atoms with Gasteiger partial charge in [-0.15, -0.1) is 0 Å². The van der Waals surface area contributed by atoms with Crippen molar-refractivity contribution in [3.8, 4) is 11.4 Å². The van der Waals surface area contributed by atoms with E-state index >= 15 is 0 Å². The van der Waals surface area contributed by atoms with Crippen LogP contribution in [0.3, 0.4) is 0 Å². The van der Waals surface area contributed by atoms with Crippen molar-refractivity contribution in [2.24, 2.45) is 0 Å². The zero-order valence-electron chi connectivity index (χ0n) is 16.6. The number of rotatable bonds is 5. The van der Waals surface area contributed by atoms with Gasteiger partial charge in [0.25, 0.3) is 0 Å². The number of H-pyrrole nitrogens is 1. The molecule has 0 radical (unpaired) electrons. The summed E-state index contributed by atoms with van der Waals surface area (Å²) in [6, 6.07) is 1.49. The fourth-order valence-corrected chi connectivity index (χ4v) is 5.07. The van der Waals surface area contributed by atoms with Crippen molar-refractivity contribution in [1.82, 2.24) is 24.2 Å². The minimum Gasteiger partial charge on any atom is -0.363 e. The monoisotopic (exact) mass is 452 g/mol. The van der Waals surface area contributed by atoms with Crippen LogP contribution >= 0.6 is 11.6 Å². The second-order valence-electron chi connectivity index (χ2n) is 7.58. The highest BCUT2D eigenvalue weighted by molar-refractivity contribution is 7.89. The highest BCUT2D eigenvalue weighted by atomic mass is 35.5. The van der Waals surface area contributed by atoms with E-state index in [1.807, 2.05) is 0 Å². The fourth-order valence-electron chi connectivity index (χ4n) is 3.54. The van der Waals surface area contributed by atoms with Gasteiger partial charge in [0.1, 0.15) is 5.65 Å². The van der Waals surface area contributed by atoms with Gasteiger partial charge in [-0.3, -0.25) is 0 Å². The van der Waals surface area contributed by atoms with Crippen molar-refractivity contribution in [3.63, 3.8) is 0 Å². The average molecular weight is 453 g/mol. The van der Waals surface area contributed by atoms with Gasteiger partial charge in [-0.2, -0.15) is 4.31 Å². The van der Waals surface area contributed by atoms with Crippen LogP contribution in [0.15, 0.2) is 24.7 Å². The standard InChI is InChI=1S/C19H22ClFN6O2S/c1-11(2)30(28,29)27-5-3-4-13(10-27)25-19-16(21)9-24-18(26-19)15-8-23-17-14(15)6-12(20)7-22-17/h6-9,11,13H,3-5,10H2,1-2H3,(H,22,23)(H,24,25,26)/t13-/m0/s1. The summed E-state index contributed by atoms with van der Waals surface area (Å²) >= 11 is 6.05. The number of piperidine rings is 1. The lowest BCUT2D eigenvalue weighted by atomic mass is 10.1. The van der Waals surface area contributed by atoms with Gasteiger partial charge in [0.15, 0.2) is 17.5 Å². The Kier molecular flexibility index (Phi) is 5.65. The summed E-state index contributed by atoms with van der Waals surface area (Å²) in [5, 5.41) is 3.77. The second kappa shape index (κ2) is 8.09. The number of hydrogen-bond donors (Lipinski definition) is 2. The summed E-state index contributed by atoms with van der Waals surface area (Å²) in [5.74, 6) is -0.242. The van der Waals surface area contributed by atoms with Gasteiger partial charge in [0, 0.05) is 42.5 Å². The number of fused-ring (bicyclic) bond motifs is 1. The molecule has 1 saturated heterocycles. The lowest BCUT2D eigenvalue weighted by molar-refractivity contribution is 0.324. The van der Waals surface area contributed by atoms with Gasteiger partial charge in [-0.25, -0.2) is 27.8 Å². The Morgan fingerprint density at radius 3 is 2.90 bits per heavy atom. The molecule has 1 fully saturated rings. The predicted octanol–water partition coefficient (Wildman–Crippen LogP) is 3.43. The normalized spacial score (nSPS) is 18.2. The van der Waals surface area contributed by atoms with Crippen LogP contribution in [-0.2, 0) is 10.0 Å². The van der Waals surface area contributed by atoms with Crippen LogP contribution in [0.25, 0.3) is 22.4 Å². The molecule has 1 aliphatic heterocycles. The third-order valence-electron chi connectivity index (χ3n) is 5.16. The molecule has 0 aliphatic carbocycles. The van der Waals surface area contributed by atoms with E-state index in [1.54, 1.807) is 26.1 Å². The molecular weight excluding hydrogens is 431 g/mol. The Labute approximate surface area is 178 Å². The highest BCUT2D eigenvalue weighted by Gasteiger charge is 2.31. The number of aromatic nitrogens is 4. The largest absolute Gasteiger partial charge is 0.363 e. The average Bonchev–Trinajstić information content (AvgIpc) is 3.13. The van der Waals surface area contributed by atoms with Crippen LogP contribution in [0.2, 0.25) is 5.02 Å². The summed E-state index contributed by atoms with van der Waals surface area (Å²) in [5.41, 5.74) is 1.27. The first-order valence-corrected chi connectivity index (χ1v) is 11.5. The molecule has 2 N–H and O–H groups in total. The van der Waals surface area contributed by atoms with Crippen LogP contribution in [0, 0.1) is 5.82 Å². The van der Waals surface area contributed by atoms with Crippen molar-refractivity contribution in [1.29, 1.82) is 0 Å². The van der Waals surface area contributed by atoms with E-state index in [2.05, 4.69) is 25.3 Å². The fraction of sp³-hybridized carbons (Fsp3) is 0.421. The highest BCUT2D eigenvalue weighted by Crippen LogP contribution is 2.29. The summed E-state index contributed by atoms with van der Waals surface area (Å²) in [4.78, 5) is 15.7. The zero-order valence-corrected chi connectivity index (χ0v) is 18.1. The number of nitrogens with zero attached hydrogens (tertiary/aromatic N) is 4. The SMILES string of the molecule is CC(C)S(=O)(=O)N1CCC[C@H](Nc2nc(-c3c[nH]c4ncc(Cl)cc34)ncc2F)C1. The summed E-state index contributed by atoms with van der Waals surface area (Å²) in [7, 11) is -3.36. The van der Waals surface area contributed by atoms with Gasteiger partial charge in [-0.1, -0.05) is 11.6 Å². The minimum atomic E-state index is -3.36. The van der Waals surface area contributed by atoms with E-state index in [4.69, 9.17) is 11.6 Å². The molecule has 1 atom stereocenters. The molecular formula is C19H22ClFN6O2S. The Hall–Kier alpha value is -2.30. The molecule has 0 spiro atoms. The van der Waals surface area contributed by atoms with E-state index < -0.39 is 21.1 Å². The first-order chi connectivity index (χ1) is 14.3. The van der Waals surface area contributed by atoms with E-state index in [1.165, 1.54) is 10.5 Å². The lowest BCUT2D eigenvalue weighted by Gasteiger charge is -2.33. The number of anilines is 1. The molecule has 0 bridgehead atoms. The van der Waals surface area contributed by atoms with Crippen LogP contribution in [0.5, 0.6) is 0 Å². The predicted molar refractivity (Wildman–Crippen MR) is 114 cm³/mol. The van der Waals surface area contributed by atoms with E-state index in [0.29, 0.717) is 35.0 Å². The van der Waals surface area contributed by atoms with E-state index in [9.17, 15) is 12.8 Å². The smallest absolute Gasteiger partial charge is 0.216 e. The molecule has 3 aromatic rings. The molecule has 4 rings (SSSR count). The molecule has 4 heterocycles. The Bertz CT molecular complexity index is 1180. The molecule has 8 nitrogen and oxygen atoms in total. The first-order valence-electron chi connectivity index (χ1n) is 9.66. The van der Waals surface area contributed by atoms with Crippen molar-refractivity contribution in [3.05, 3.63) is 35.5 Å². The van der Waals surface area contributed by atoms with Gasteiger partial charge in [0.05, 0.1) is 16.5 Å². The molecule has 3 aromatic heterocycles. The zero-order chi connectivity index (χ0) is 21.5. The first kappa shape index (κ1) is 21.0. The molecule has 1 aliphatic rings. The molecule has 30 heavy (non-hydrogen) atoms. The van der Waals surface area contributed by atoms with Crippen molar-refractivity contribution in [2.75, 3.05) is 18.4 Å². The number of halogens is 2. The minimum absolute atomic E-state index is 0.0399. The quantitative estimate of drug-likeness (QED) is 0.614. The van der Waals surface area contributed by atoms with Gasteiger partial charge in [0.2, 0.25) is 10.0 Å². The van der Waals surface area contributed by atoms with Crippen molar-refractivity contribution < 1.29 is 12.8 Å². The maximum Gasteiger partial charge on any atom is 0.216 e. The summed E-state index contributed by atoms with van der Waals surface area (Å²) in [6.45, 7) is 4.06. The van der Waals surface area contributed by atoms with Crippen LogP contribution < -0.4 is 5.32 Å². The molecule has 0 saturated carbocycles. The molecule has 11 heteroatoms. The maximum atomic E-state index is 14.4. The van der Waals surface area contributed by atoms with Crippen LogP contribution in [0.1, 0.15) is 26.7 Å². The number of nitrogens with one attached hydrogen (secondary N) is 2. The van der Waals surface area contributed by atoms with E-state index in [0.717, 1.165) is 18.0 Å². The van der Waals surface area contributed by atoms with Crippen molar-refractivity contribution >= 4 is 38.5 Å². The van der Waals surface area contributed by atoms with E-state index in [-0.39, 0.29) is 18.4 Å². The van der Waals surface area contributed by atoms with Gasteiger partial charge >= 0.3 is 0 Å². The maximum absolute atomic E-state index is 14.4. The Morgan fingerprint density at radius 1 is 1.33 bits per heavy atom. The molecule has 0 amide bonds. The molecule has 0 aromatic carbocycles. The third kappa shape index (κ3) is 3.99. The molecule has 0 unspecified atom stereocenters.